The molecule has 0 fully saturated rings. The molecule has 21 heavy (non-hydrogen) atoms. The highest BCUT2D eigenvalue weighted by Crippen LogP contribution is 2.23. The molecule has 0 spiro atoms. The summed E-state index contributed by atoms with van der Waals surface area (Å²) < 4.78 is 0. The van der Waals surface area contributed by atoms with E-state index in [1.165, 1.54) is 11.1 Å². The van der Waals surface area contributed by atoms with Crippen molar-refractivity contribution >= 4 is 10.9 Å². The quantitative estimate of drug-likeness (QED) is 0.781. The molecule has 0 saturated heterocycles. The first-order valence-electron chi connectivity index (χ1n) is 7.22. The van der Waals surface area contributed by atoms with Crippen LogP contribution in [0.3, 0.4) is 0 Å². The van der Waals surface area contributed by atoms with Gasteiger partial charge in [0.15, 0.2) is 0 Å². The van der Waals surface area contributed by atoms with Gasteiger partial charge >= 0.3 is 0 Å². The summed E-state index contributed by atoms with van der Waals surface area (Å²) in [6.07, 6.45) is 1.93. The van der Waals surface area contributed by atoms with Gasteiger partial charge in [0.05, 0.1) is 11.6 Å². The Labute approximate surface area is 125 Å². The number of rotatable bonds is 3. The molecule has 1 atom stereocenters. The second-order valence-corrected chi connectivity index (χ2v) is 5.59. The number of aromatic nitrogens is 1. The molecule has 0 saturated carbocycles. The van der Waals surface area contributed by atoms with Gasteiger partial charge in [0.25, 0.3) is 0 Å². The fourth-order valence-electron chi connectivity index (χ4n) is 2.57. The largest absolute Gasteiger partial charge is 0.388 e. The van der Waals surface area contributed by atoms with Gasteiger partial charge in [-0.05, 0) is 54.3 Å². The first-order chi connectivity index (χ1) is 10.1. The third-order valence-corrected chi connectivity index (χ3v) is 4.01. The summed E-state index contributed by atoms with van der Waals surface area (Å²) in [5.74, 6) is 0. The maximum Gasteiger partial charge on any atom is 0.0830 e. The average molecular weight is 277 g/mol. The van der Waals surface area contributed by atoms with E-state index in [-0.39, 0.29) is 0 Å². The Morgan fingerprint density at radius 1 is 1.00 bits per heavy atom. The number of nitrogens with zero attached hydrogens (tertiary/aromatic N) is 1. The molecule has 0 radical (unpaired) electrons. The smallest absolute Gasteiger partial charge is 0.0830 e. The van der Waals surface area contributed by atoms with E-state index in [9.17, 15) is 5.11 Å². The molecule has 106 valence electrons. The molecule has 0 aliphatic carbocycles. The molecule has 0 bridgehead atoms. The molecule has 1 aromatic heterocycles. The van der Waals surface area contributed by atoms with Gasteiger partial charge in [-0.2, -0.15) is 0 Å². The van der Waals surface area contributed by atoms with Crippen LogP contribution in [0.25, 0.3) is 10.9 Å². The van der Waals surface area contributed by atoms with Crippen LogP contribution in [-0.4, -0.2) is 10.1 Å². The van der Waals surface area contributed by atoms with E-state index in [1.54, 1.807) is 6.20 Å². The van der Waals surface area contributed by atoms with Crippen molar-refractivity contribution in [2.24, 2.45) is 0 Å². The Balaban J connectivity index is 1.85. The van der Waals surface area contributed by atoms with Crippen LogP contribution in [0.15, 0.2) is 54.7 Å². The van der Waals surface area contributed by atoms with Gasteiger partial charge in [-0.3, -0.25) is 4.98 Å². The lowest BCUT2D eigenvalue weighted by molar-refractivity contribution is 0.178. The van der Waals surface area contributed by atoms with Crippen LogP contribution in [0.2, 0.25) is 0 Å². The zero-order valence-electron chi connectivity index (χ0n) is 12.4. The van der Waals surface area contributed by atoms with Gasteiger partial charge in [0, 0.05) is 18.0 Å². The van der Waals surface area contributed by atoms with E-state index >= 15 is 0 Å². The standard InChI is InChI=1S/C19H19NO/c1-13-5-6-15(10-14(13)2)11-19(21)17-7-8-18-16(12-17)4-3-9-20-18/h3-10,12,19,21H,11H2,1-2H3. The van der Waals surface area contributed by atoms with E-state index in [0.717, 1.165) is 22.0 Å². The van der Waals surface area contributed by atoms with Gasteiger partial charge in [-0.25, -0.2) is 0 Å². The number of aryl methyl sites for hydroxylation is 2. The van der Waals surface area contributed by atoms with Crippen LogP contribution < -0.4 is 0 Å². The molecule has 0 amide bonds. The summed E-state index contributed by atoms with van der Waals surface area (Å²) >= 11 is 0. The van der Waals surface area contributed by atoms with Crippen molar-refractivity contribution in [2.45, 2.75) is 26.4 Å². The zero-order chi connectivity index (χ0) is 14.8. The van der Waals surface area contributed by atoms with E-state index in [4.69, 9.17) is 0 Å². The number of benzene rings is 2. The first-order valence-corrected chi connectivity index (χ1v) is 7.22. The third kappa shape index (κ3) is 2.96. The highest BCUT2D eigenvalue weighted by Gasteiger charge is 2.10. The normalized spacial score (nSPS) is 12.5. The molecule has 3 rings (SSSR count). The van der Waals surface area contributed by atoms with Crippen molar-refractivity contribution in [1.29, 1.82) is 0 Å². The summed E-state index contributed by atoms with van der Waals surface area (Å²) in [6.45, 7) is 4.21. The lowest BCUT2D eigenvalue weighted by atomic mass is 9.97. The summed E-state index contributed by atoms with van der Waals surface area (Å²) in [5.41, 5.74) is 5.61. The second kappa shape index (κ2) is 5.66. The van der Waals surface area contributed by atoms with Crippen molar-refractivity contribution in [1.82, 2.24) is 4.98 Å². The molecule has 3 aromatic rings. The predicted octanol–water partition coefficient (Wildman–Crippen LogP) is 4.13. The van der Waals surface area contributed by atoms with Crippen LogP contribution in [0.1, 0.15) is 28.4 Å². The Hall–Kier alpha value is -2.19. The summed E-state index contributed by atoms with van der Waals surface area (Å²) in [6, 6.07) is 16.2. The summed E-state index contributed by atoms with van der Waals surface area (Å²) in [4.78, 5) is 4.31. The molecular formula is C19H19NO. The van der Waals surface area contributed by atoms with Crippen molar-refractivity contribution in [3.63, 3.8) is 0 Å². The Bertz CT molecular complexity index is 779. The van der Waals surface area contributed by atoms with Crippen LogP contribution in [0, 0.1) is 13.8 Å². The minimum Gasteiger partial charge on any atom is -0.388 e. The molecule has 1 heterocycles. The van der Waals surface area contributed by atoms with Crippen molar-refractivity contribution < 1.29 is 5.11 Å². The summed E-state index contributed by atoms with van der Waals surface area (Å²) in [5, 5.41) is 11.5. The lowest BCUT2D eigenvalue weighted by Crippen LogP contribution is -2.02. The topological polar surface area (TPSA) is 33.1 Å². The van der Waals surface area contributed by atoms with Gasteiger partial charge in [0.2, 0.25) is 0 Å². The highest BCUT2D eigenvalue weighted by molar-refractivity contribution is 5.79. The van der Waals surface area contributed by atoms with Crippen molar-refractivity contribution in [2.75, 3.05) is 0 Å². The van der Waals surface area contributed by atoms with Crippen LogP contribution >= 0.6 is 0 Å². The van der Waals surface area contributed by atoms with E-state index < -0.39 is 6.10 Å². The maximum absolute atomic E-state index is 10.5. The first kappa shape index (κ1) is 13.8. The number of pyridine rings is 1. The third-order valence-electron chi connectivity index (χ3n) is 4.01. The Kier molecular flexibility index (Phi) is 3.72. The highest BCUT2D eigenvalue weighted by atomic mass is 16.3. The molecule has 0 aliphatic heterocycles. The number of fused-ring (bicyclic) bond motifs is 1. The zero-order valence-corrected chi connectivity index (χ0v) is 12.4. The average Bonchev–Trinajstić information content (AvgIpc) is 2.50. The fourth-order valence-corrected chi connectivity index (χ4v) is 2.57. The number of aliphatic hydroxyl groups is 1. The number of hydrogen-bond donors (Lipinski definition) is 1. The summed E-state index contributed by atoms with van der Waals surface area (Å²) in [7, 11) is 0. The number of aliphatic hydroxyl groups excluding tert-OH is 1. The lowest BCUT2D eigenvalue weighted by Gasteiger charge is -2.13. The van der Waals surface area contributed by atoms with Gasteiger partial charge in [0.1, 0.15) is 0 Å². The fraction of sp³-hybridized carbons (Fsp3) is 0.211. The van der Waals surface area contributed by atoms with E-state index in [0.29, 0.717) is 6.42 Å². The Morgan fingerprint density at radius 2 is 1.86 bits per heavy atom. The second-order valence-electron chi connectivity index (χ2n) is 5.59. The molecular weight excluding hydrogens is 258 g/mol. The van der Waals surface area contributed by atoms with Crippen LogP contribution in [0.5, 0.6) is 0 Å². The maximum atomic E-state index is 10.5. The van der Waals surface area contributed by atoms with Gasteiger partial charge < -0.3 is 5.11 Å². The monoisotopic (exact) mass is 277 g/mol. The SMILES string of the molecule is Cc1ccc(CC(O)c2ccc3ncccc3c2)cc1C. The van der Waals surface area contributed by atoms with Crippen LogP contribution in [0.4, 0.5) is 0 Å². The Morgan fingerprint density at radius 3 is 2.67 bits per heavy atom. The molecule has 2 nitrogen and oxygen atoms in total. The van der Waals surface area contributed by atoms with Crippen LogP contribution in [-0.2, 0) is 6.42 Å². The molecule has 0 aliphatic rings. The van der Waals surface area contributed by atoms with E-state index in [1.807, 2.05) is 30.3 Å². The van der Waals surface area contributed by atoms with Crippen molar-refractivity contribution in [3.8, 4) is 0 Å². The minimum absolute atomic E-state index is 0.489. The molecule has 2 heteroatoms. The predicted molar refractivity (Wildman–Crippen MR) is 86.3 cm³/mol. The van der Waals surface area contributed by atoms with Gasteiger partial charge in [-0.15, -0.1) is 0 Å². The van der Waals surface area contributed by atoms with Gasteiger partial charge in [-0.1, -0.05) is 30.3 Å². The minimum atomic E-state index is -0.489. The number of hydrogen-bond acceptors (Lipinski definition) is 2. The van der Waals surface area contributed by atoms with Crippen molar-refractivity contribution in [3.05, 3.63) is 77.0 Å². The molecule has 1 N–H and O–H groups in total. The molecule has 1 unspecified atom stereocenters. The molecule has 2 aromatic carbocycles. The van der Waals surface area contributed by atoms with E-state index in [2.05, 4.69) is 37.0 Å².